The molecule has 2 amide bonds. The summed E-state index contributed by atoms with van der Waals surface area (Å²) in [4.78, 5) is 33.1. The number of nitrogens with zero attached hydrogens (tertiary/aromatic N) is 2. The standard InChI is InChI=1S/C19H25BN4O4.H2O/c1-13(2)10-17(20(27)28)24-18(25)15(11-14-6-4-3-5-7-14)23-19(26)16-12-21-8-9-22-16;/h3-9,12-13,15,17,27-28H,10-11H2,1-2H3,(H,23,26)(H,24,25);1H2/t15-,17-;/m0./s1. The predicted molar refractivity (Wildman–Crippen MR) is 109 cm³/mol. The van der Waals surface area contributed by atoms with E-state index in [2.05, 4.69) is 20.6 Å². The van der Waals surface area contributed by atoms with Gasteiger partial charge < -0.3 is 26.2 Å². The highest BCUT2D eigenvalue weighted by Gasteiger charge is 2.30. The fourth-order valence-corrected chi connectivity index (χ4v) is 2.75. The monoisotopic (exact) mass is 402 g/mol. The first-order valence-electron chi connectivity index (χ1n) is 9.14. The van der Waals surface area contributed by atoms with Crippen LogP contribution in [-0.2, 0) is 11.2 Å². The predicted octanol–water partition coefficient (Wildman–Crippen LogP) is -0.464. The summed E-state index contributed by atoms with van der Waals surface area (Å²) >= 11 is 0. The van der Waals surface area contributed by atoms with Crippen LogP contribution in [0.4, 0.5) is 0 Å². The largest absolute Gasteiger partial charge is 0.475 e. The Balaban J connectivity index is 0.00000420. The maximum atomic E-state index is 12.8. The van der Waals surface area contributed by atoms with Gasteiger partial charge in [-0.2, -0.15) is 0 Å². The molecule has 10 heteroatoms. The zero-order valence-electron chi connectivity index (χ0n) is 16.4. The van der Waals surface area contributed by atoms with Crippen LogP contribution in [0.5, 0.6) is 0 Å². The topological polar surface area (TPSA) is 156 Å². The zero-order chi connectivity index (χ0) is 20.5. The molecule has 0 saturated heterocycles. The second-order valence-corrected chi connectivity index (χ2v) is 6.96. The van der Waals surface area contributed by atoms with Gasteiger partial charge in [-0.05, 0) is 17.9 Å². The van der Waals surface area contributed by atoms with Crippen molar-refractivity contribution in [3.05, 3.63) is 60.2 Å². The first-order chi connectivity index (χ1) is 13.4. The van der Waals surface area contributed by atoms with Gasteiger partial charge in [-0.15, -0.1) is 0 Å². The van der Waals surface area contributed by atoms with E-state index in [1.54, 1.807) is 0 Å². The van der Waals surface area contributed by atoms with Crippen LogP contribution in [0.3, 0.4) is 0 Å². The normalized spacial score (nSPS) is 12.4. The number of amides is 2. The second-order valence-electron chi connectivity index (χ2n) is 6.96. The van der Waals surface area contributed by atoms with Crippen LogP contribution in [0.1, 0.15) is 36.3 Å². The van der Waals surface area contributed by atoms with E-state index in [-0.39, 0.29) is 23.5 Å². The number of benzene rings is 1. The summed E-state index contributed by atoms with van der Waals surface area (Å²) < 4.78 is 0. The summed E-state index contributed by atoms with van der Waals surface area (Å²) in [6.45, 7) is 3.83. The Labute approximate surface area is 170 Å². The highest BCUT2D eigenvalue weighted by atomic mass is 16.4. The van der Waals surface area contributed by atoms with Gasteiger partial charge in [0.2, 0.25) is 5.91 Å². The van der Waals surface area contributed by atoms with Crippen molar-refractivity contribution in [2.45, 2.75) is 38.7 Å². The lowest BCUT2D eigenvalue weighted by Gasteiger charge is -2.24. The smallest absolute Gasteiger partial charge is 0.426 e. The fraction of sp³-hybridized carbons (Fsp3) is 0.368. The Kier molecular flexibility index (Phi) is 9.94. The van der Waals surface area contributed by atoms with Crippen molar-refractivity contribution in [2.24, 2.45) is 5.92 Å². The quantitative estimate of drug-likeness (QED) is 0.416. The van der Waals surface area contributed by atoms with Crippen molar-refractivity contribution in [3.63, 3.8) is 0 Å². The van der Waals surface area contributed by atoms with Crippen molar-refractivity contribution in [2.75, 3.05) is 0 Å². The molecule has 1 aromatic carbocycles. The first-order valence-corrected chi connectivity index (χ1v) is 9.14. The van der Waals surface area contributed by atoms with Gasteiger partial charge in [0.05, 0.1) is 12.1 Å². The molecule has 2 atom stereocenters. The van der Waals surface area contributed by atoms with Crippen LogP contribution in [0.2, 0.25) is 0 Å². The van der Waals surface area contributed by atoms with Crippen molar-refractivity contribution in [3.8, 4) is 0 Å². The van der Waals surface area contributed by atoms with Gasteiger partial charge in [-0.3, -0.25) is 14.6 Å². The third-order valence-corrected chi connectivity index (χ3v) is 4.11. The Hall–Kier alpha value is -2.82. The minimum atomic E-state index is -1.69. The minimum Gasteiger partial charge on any atom is -0.426 e. The SMILES string of the molecule is CC(C)C[C@H](NC(=O)[C@H](Cc1ccccc1)NC(=O)c1cnccn1)B(O)O.O. The number of rotatable bonds is 9. The van der Waals surface area contributed by atoms with Gasteiger partial charge in [0.1, 0.15) is 11.7 Å². The van der Waals surface area contributed by atoms with Crippen molar-refractivity contribution >= 4 is 18.9 Å². The van der Waals surface area contributed by atoms with E-state index in [0.29, 0.717) is 6.42 Å². The number of aromatic nitrogens is 2. The molecule has 0 aliphatic rings. The molecule has 1 aromatic heterocycles. The molecule has 9 nitrogen and oxygen atoms in total. The van der Waals surface area contributed by atoms with Crippen molar-refractivity contribution < 1.29 is 25.1 Å². The highest BCUT2D eigenvalue weighted by Crippen LogP contribution is 2.09. The summed E-state index contributed by atoms with van der Waals surface area (Å²) in [5, 5.41) is 24.5. The molecule has 2 aromatic rings. The Bertz CT molecular complexity index is 762. The Morgan fingerprint density at radius 2 is 1.79 bits per heavy atom. The molecule has 156 valence electrons. The first kappa shape index (κ1) is 24.2. The number of hydrogen-bond acceptors (Lipinski definition) is 6. The van der Waals surface area contributed by atoms with Gasteiger partial charge in [0.15, 0.2) is 0 Å². The summed E-state index contributed by atoms with van der Waals surface area (Å²) in [7, 11) is -1.69. The molecule has 0 bridgehead atoms. The molecule has 6 N–H and O–H groups in total. The Morgan fingerprint density at radius 3 is 2.34 bits per heavy atom. The lowest BCUT2D eigenvalue weighted by molar-refractivity contribution is -0.123. The van der Waals surface area contributed by atoms with E-state index in [1.807, 2.05) is 44.2 Å². The van der Waals surface area contributed by atoms with Crippen LogP contribution in [0.25, 0.3) is 0 Å². The van der Waals surface area contributed by atoms with Crippen molar-refractivity contribution in [1.82, 2.24) is 20.6 Å². The number of nitrogens with one attached hydrogen (secondary N) is 2. The third-order valence-electron chi connectivity index (χ3n) is 4.11. The summed E-state index contributed by atoms with van der Waals surface area (Å²) in [5.74, 6) is -1.72. The third kappa shape index (κ3) is 7.98. The van der Waals surface area contributed by atoms with Crippen LogP contribution in [0.15, 0.2) is 48.9 Å². The number of carbonyl (C=O) groups excluding carboxylic acids is 2. The highest BCUT2D eigenvalue weighted by molar-refractivity contribution is 6.43. The van der Waals surface area contributed by atoms with E-state index in [9.17, 15) is 19.6 Å². The molecular weight excluding hydrogens is 375 g/mol. The fourth-order valence-electron chi connectivity index (χ4n) is 2.75. The summed E-state index contributed by atoms with van der Waals surface area (Å²) in [5.41, 5.74) is 0.946. The molecule has 0 spiro atoms. The molecular formula is C19H27BN4O5. The Morgan fingerprint density at radius 1 is 1.10 bits per heavy atom. The van der Waals surface area contributed by atoms with Crippen molar-refractivity contribution in [1.29, 1.82) is 0 Å². The maximum absolute atomic E-state index is 12.8. The van der Waals surface area contributed by atoms with E-state index in [0.717, 1.165) is 5.56 Å². The average Bonchev–Trinajstić information content (AvgIpc) is 2.68. The van der Waals surface area contributed by atoms with Gasteiger partial charge in [0, 0.05) is 18.8 Å². The molecule has 0 fully saturated rings. The maximum Gasteiger partial charge on any atom is 0.475 e. The van der Waals surface area contributed by atoms with Crippen LogP contribution in [0, 0.1) is 5.92 Å². The zero-order valence-corrected chi connectivity index (χ0v) is 16.4. The molecule has 0 unspecified atom stereocenters. The molecule has 0 aliphatic carbocycles. The minimum absolute atomic E-state index is 0. The summed E-state index contributed by atoms with van der Waals surface area (Å²) in [6, 6.07) is 8.33. The lowest BCUT2D eigenvalue weighted by Crippen LogP contribution is -2.55. The van der Waals surface area contributed by atoms with Crippen LogP contribution < -0.4 is 10.6 Å². The lowest BCUT2D eigenvalue weighted by atomic mass is 9.75. The van der Waals surface area contributed by atoms with E-state index in [4.69, 9.17) is 0 Å². The summed E-state index contributed by atoms with van der Waals surface area (Å²) in [6.07, 6.45) is 4.78. The van der Waals surface area contributed by atoms with E-state index >= 15 is 0 Å². The van der Waals surface area contributed by atoms with E-state index in [1.165, 1.54) is 18.6 Å². The molecule has 0 saturated carbocycles. The van der Waals surface area contributed by atoms with Gasteiger partial charge in [-0.25, -0.2) is 4.98 Å². The van der Waals surface area contributed by atoms with Gasteiger partial charge in [0.25, 0.3) is 5.91 Å². The van der Waals surface area contributed by atoms with Gasteiger partial charge in [-0.1, -0.05) is 44.2 Å². The van der Waals surface area contributed by atoms with Gasteiger partial charge >= 0.3 is 7.12 Å². The van der Waals surface area contributed by atoms with E-state index < -0.39 is 30.9 Å². The molecule has 1 heterocycles. The molecule has 2 rings (SSSR count). The average molecular weight is 402 g/mol. The molecule has 0 radical (unpaired) electrons. The second kappa shape index (κ2) is 11.9. The van der Waals surface area contributed by atoms with Crippen LogP contribution in [-0.4, -0.2) is 56.4 Å². The molecule has 0 aliphatic heterocycles. The molecule has 29 heavy (non-hydrogen) atoms. The van der Waals surface area contributed by atoms with Crippen LogP contribution >= 0.6 is 0 Å². The number of hydrogen-bond donors (Lipinski definition) is 4. The number of carbonyl (C=O) groups is 2.